The molecule has 0 radical (unpaired) electrons. The molecule has 1 fully saturated rings. The number of aryl methyl sites for hydroxylation is 1. The van der Waals surface area contributed by atoms with Crippen LogP contribution >= 0.6 is 0 Å². The molecule has 7 heteroatoms. The van der Waals surface area contributed by atoms with Crippen LogP contribution in [0, 0.1) is 6.92 Å². The quantitative estimate of drug-likeness (QED) is 0.770. The smallest absolute Gasteiger partial charge is 0.246 e. The fourth-order valence-electron chi connectivity index (χ4n) is 3.31. The Morgan fingerprint density at radius 1 is 1.15 bits per heavy atom. The van der Waals surface area contributed by atoms with Crippen LogP contribution in [0.25, 0.3) is 0 Å². The molecule has 1 saturated heterocycles. The van der Waals surface area contributed by atoms with Gasteiger partial charge in [0.15, 0.2) is 0 Å². The predicted octanol–water partition coefficient (Wildman–Crippen LogP) is 0.969. The van der Waals surface area contributed by atoms with Gasteiger partial charge in [-0.3, -0.25) is 14.4 Å². The molecule has 1 atom stereocenters. The predicted molar refractivity (Wildman–Crippen MR) is 106 cm³/mol. The Labute approximate surface area is 161 Å². The van der Waals surface area contributed by atoms with Crippen LogP contribution in [0.15, 0.2) is 24.3 Å². The number of rotatable bonds is 5. The van der Waals surface area contributed by atoms with Crippen molar-refractivity contribution in [2.45, 2.75) is 26.3 Å². The second kappa shape index (κ2) is 8.88. The highest BCUT2D eigenvalue weighted by atomic mass is 16.2. The molecule has 1 aliphatic heterocycles. The summed E-state index contributed by atoms with van der Waals surface area (Å²) >= 11 is 0. The number of benzene rings is 1. The number of amides is 3. The Morgan fingerprint density at radius 2 is 1.85 bits per heavy atom. The monoisotopic (exact) mass is 374 g/mol. The maximum absolute atomic E-state index is 12.7. The van der Waals surface area contributed by atoms with E-state index in [0.29, 0.717) is 26.1 Å². The van der Waals surface area contributed by atoms with Gasteiger partial charge in [-0.05, 0) is 24.6 Å². The van der Waals surface area contributed by atoms with Crippen molar-refractivity contribution >= 4 is 23.4 Å². The zero-order chi connectivity index (χ0) is 20.1. The molecular formula is C20H30N4O3. The largest absolute Gasteiger partial charge is 0.374 e. The van der Waals surface area contributed by atoms with Crippen molar-refractivity contribution in [1.29, 1.82) is 0 Å². The van der Waals surface area contributed by atoms with Crippen LogP contribution in [0.3, 0.4) is 0 Å². The van der Waals surface area contributed by atoms with Crippen LogP contribution in [-0.2, 0) is 14.4 Å². The van der Waals surface area contributed by atoms with Crippen LogP contribution in [-0.4, -0.2) is 85.8 Å². The Balaban J connectivity index is 1.97. The molecule has 1 unspecified atom stereocenters. The van der Waals surface area contributed by atoms with E-state index < -0.39 is 6.04 Å². The molecule has 1 aromatic carbocycles. The average Bonchev–Trinajstić information content (AvgIpc) is 2.64. The van der Waals surface area contributed by atoms with Gasteiger partial charge in [0.1, 0.15) is 6.04 Å². The lowest BCUT2D eigenvalue weighted by Gasteiger charge is -2.41. The van der Waals surface area contributed by atoms with Gasteiger partial charge in [0.2, 0.25) is 17.7 Å². The summed E-state index contributed by atoms with van der Waals surface area (Å²) in [5.41, 5.74) is 2.25. The fraction of sp³-hybridized carbons (Fsp3) is 0.550. The standard InChI is InChI=1S/C20H30N4O3/c1-15-7-6-8-17(13-15)22(5)10-9-19(26)23-11-12-24(16(2)25)18(14-23)20(27)21(3)4/h6-8,13,18H,9-12,14H2,1-5H3. The van der Waals surface area contributed by atoms with E-state index in [1.54, 1.807) is 23.9 Å². The normalized spacial score (nSPS) is 16.9. The molecule has 0 bridgehead atoms. The summed E-state index contributed by atoms with van der Waals surface area (Å²) in [5, 5.41) is 0. The molecular weight excluding hydrogens is 344 g/mol. The summed E-state index contributed by atoms with van der Waals surface area (Å²) in [6.07, 6.45) is 0.368. The van der Waals surface area contributed by atoms with E-state index in [1.165, 1.54) is 17.4 Å². The molecule has 0 aliphatic carbocycles. The Hall–Kier alpha value is -2.57. The van der Waals surface area contributed by atoms with Crippen molar-refractivity contribution in [3.8, 4) is 0 Å². The zero-order valence-electron chi connectivity index (χ0n) is 16.9. The lowest BCUT2D eigenvalue weighted by atomic mass is 10.1. The molecule has 27 heavy (non-hydrogen) atoms. The van der Waals surface area contributed by atoms with Crippen molar-refractivity contribution in [2.24, 2.45) is 0 Å². The highest BCUT2D eigenvalue weighted by Gasteiger charge is 2.36. The van der Waals surface area contributed by atoms with Crippen molar-refractivity contribution in [3.05, 3.63) is 29.8 Å². The summed E-state index contributed by atoms with van der Waals surface area (Å²) in [7, 11) is 5.30. The van der Waals surface area contributed by atoms with Gasteiger partial charge in [0, 0.05) is 59.8 Å². The lowest BCUT2D eigenvalue weighted by Crippen LogP contribution is -2.61. The first-order valence-corrected chi connectivity index (χ1v) is 9.24. The van der Waals surface area contributed by atoms with Gasteiger partial charge in [0.05, 0.1) is 6.54 Å². The van der Waals surface area contributed by atoms with Crippen LogP contribution in [0.4, 0.5) is 5.69 Å². The van der Waals surface area contributed by atoms with E-state index in [1.807, 2.05) is 32.2 Å². The van der Waals surface area contributed by atoms with Crippen LogP contribution < -0.4 is 4.90 Å². The van der Waals surface area contributed by atoms with Gasteiger partial charge < -0.3 is 19.6 Å². The second-order valence-corrected chi connectivity index (χ2v) is 7.31. The van der Waals surface area contributed by atoms with E-state index in [-0.39, 0.29) is 24.3 Å². The number of anilines is 1. The summed E-state index contributed by atoms with van der Waals surface area (Å²) in [5.74, 6) is -0.282. The molecule has 0 saturated carbocycles. The minimum absolute atomic E-state index is 0.00858. The number of likely N-dealkylation sites (N-methyl/N-ethyl adjacent to an activating group) is 1. The van der Waals surface area contributed by atoms with Gasteiger partial charge in [-0.25, -0.2) is 0 Å². The molecule has 0 spiro atoms. The molecule has 148 valence electrons. The van der Waals surface area contributed by atoms with Gasteiger partial charge in [-0.15, -0.1) is 0 Å². The molecule has 3 amide bonds. The van der Waals surface area contributed by atoms with Gasteiger partial charge in [0.25, 0.3) is 0 Å². The molecule has 2 rings (SSSR count). The zero-order valence-corrected chi connectivity index (χ0v) is 16.9. The molecule has 1 aliphatic rings. The number of carbonyl (C=O) groups is 3. The first-order chi connectivity index (χ1) is 12.7. The lowest BCUT2D eigenvalue weighted by molar-refractivity contribution is -0.150. The third-order valence-electron chi connectivity index (χ3n) is 4.97. The minimum Gasteiger partial charge on any atom is -0.374 e. The highest BCUT2D eigenvalue weighted by Crippen LogP contribution is 2.16. The van der Waals surface area contributed by atoms with E-state index in [2.05, 4.69) is 11.0 Å². The maximum Gasteiger partial charge on any atom is 0.246 e. The second-order valence-electron chi connectivity index (χ2n) is 7.31. The number of hydrogen-bond donors (Lipinski definition) is 0. The van der Waals surface area contributed by atoms with Crippen molar-refractivity contribution in [1.82, 2.24) is 14.7 Å². The summed E-state index contributed by atoms with van der Waals surface area (Å²) in [4.78, 5) is 43.8. The van der Waals surface area contributed by atoms with Crippen LogP contribution in [0.1, 0.15) is 18.9 Å². The number of carbonyl (C=O) groups excluding carboxylic acids is 3. The Kier molecular flexibility index (Phi) is 6.82. The SMILES string of the molecule is CC(=O)N1CCN(C(=O)CCN(C)c2cccc(C)c2)CC1C(=O)N(C)C. The van der Waals surface area contributed by atoms with E-state index >= 15 is 0 Å². The Bertz CT molecular complexity index is 704. The summed E-state index contributed by atoms with van der Waals surface area (Å²) in [6, 6.07) is 7.54. The number of nitrogens with zero attached hydrogens (tertiary/aromatic N) is 4. The fourth-order valence-corrected chi connectivity index (χ4v) is 3.31. The van der Waals surface area contributed by atoms with Crippen molar-refractivity contribution in [2.75, 3.05) is 52.2 Å². The minimum atomic E-state index is -0.607. The van der Waals surface area contributed by atoms with E-state index in [0.717, 1.165) is 5.69 Å². The van der Waals surface area contributed by atoms with Crippen LogP contribution in [0.2, 0.25) is 0 Å². The molecule has 1 aromatic rings. The Morgan fingerprint density at radius 3 is 2.44 bits per heavy atom. The molecule has 0 aromatic heterocycles. The third-order valence-corrected chi connectivity index (χ3v) is 4.97. The third kappa shape index (κ3) is 5.21. The van der Waals surface area contributed by atoms with E-state index in [9.17, 15) is 14.4 Å². The first kappa shape index (κ1) is 20.7. The highest BCUT2D eigenvalue weighted by molar-refractivity contribution is 5.88. The molecule has 1 heterocycles. The topological polar surface area (TPSA) is 64.2 Å². The van der Waals surface area contributed by atoms with Gasteiger partial charge in [-0.1, -0.05) is 12.1 Å². The van der Waals surface area contributed by atoms with Crippen molar-refractivity contribution in [3.63, 3.8) is 0 Å². The number of piperazine rings is 1. The van der Waals surface area contributed by atoms with Crippen molar-refractivity contribution < 1.29 is 14.4 Å². The van der Waals surface area contributed by atoms with Crippen LogP contribution in [0.5, 0.6) is 0 Å². The molecule has 0 N–H and O–H groups in total. The number of hydrogen-bond acceptors (Lipinski definition) is 4. The van der Waals surface area contributed by atoms with Gasteiger partial charge >= 0.3 is 0 Å². The van der Waals surface area contributed by atoms with E-state index in [4.69, 9.17) is 0 Å². The molecule has 7 nitrogen and oxygen atoms in total. The average molecular weight is 374 g/mol. The summed E-state index contributed by atoms with van der Waals surface area (Å²) in [6.45, 7) is 5.21. The summed E-state index contributed by atoms with van der Waals surface area (Å²) < 4.78 is 0. The first-order valence-electron chi connectivity index (χ1n) is 9.24. The maximum atomic E-state index is 12.7. The van der Waals surface area contributed by atoms with Gasteiger partial charge in [-0.2, -0.15) is 0 Å².